The van der Waals surface area contributed by atoms with E-state index in [1.54, 1.807) is 0 Å². The van der Waals surface area contributed by atoms with Gasteiger partial charge in [-0.1, -0.05) is 0 Å². The second-order valence-corrected chi connectivity index (χ2v) is 7.32. The summed E-state index contributed by atoms with van der Waals surface area (Å²) >= 11 is 0. The number of halogens is 26. The SMILES string of the molecule is OCC(F)(F)C(F)(F)C(F)(F)C(F)(F)C(F)(F)C(F)(F)F.OCC(F)(F)C(F)(F)C(F)(F)C(F)(F)C(F)(F)C(F)(F)F. The van der Waals surface area contributed by atoms with Gasteiger partial charge in [0.25, 0.3) is 0 Å². The van der Waals surface area contributed by atoms with E-state index in [2.05, 4.69) is 0 Å². The van der Waals surface area contributed by atoms with Gasteiger partial charge in [0.2, 0.25) is 0 Å². The molecule has 0 aliphatic rings. The van der Waals surface area contributed by atoms with Crippen LogP contribution in [0.15, 0.2) is 0 Å². The van der Waals surface area contributed by atoms with Crippen LogP contribution in [-0.4, -0.2) is 95.0 Å². The molecule has 0 heterocycles. The maximum Gasteiger partial charge on any atom is 0.460 e. The maximum absolute atomic E-state index is 12.6. The van der Waals surface area contributed by atoms with Gasteiger partial charge in [-0.05, 0) is 0 Å². The van der Waals surface area contributed by atoms with Crippen molar-refractivity contribution >= 4 is 0 Å². The molecule has 0 aromatic carbocycles. The lowest BCUT2D eigenvalue weighted by atomic mass is 9.94. The molecule has 0 aliphatic heterocycles. The normalized spacial score (nSPS) is 16.3. The van der Waals surface area contributed by atoms with Crippen LogP contribution in [0.3, 0.4) is 0 Å². The van der Waals surface area contributed by atoms with Gasteiger partial charge in [-0.3, -0.25) is 0 Å². The molecule has 0 bridgehead atoms. The van der Waals surface area contributed by atoms with E-state index in [1.807, 2.05) is 0 Å². The first-order chi connectivity index (χ1) is 17.6. The molecule has 0 amide bonds. The lowest BCUT2D eigenvalue weighted by Crippen LogP contribution is -2.70. The predicted molar refractivity (Wildman–Crippen MR) is 75.8 cm³/mol. The van der Waals surface area contributed by atoms with Crippen LogP contribution in [0.1, 0.15) is 0 Å². The van der Waals surface area contributed by atoms with E-state index in [1.165, 1.54) is 0 Å². The molecular weight excluding hydrogens is 694 g/mol. The summed E-state index contributed by atoms with van der Waals surface area (Å²) in [5, 5.41) is 15.4. The lowest BCUT2D eigenvalue weighted by Gasteiger charge is -2.39. The molecule has 2 N–H and O–H groups in total. The topological polar surface area (TPSA) is 40.5 Å². The lowest BCUT2D eigenvalue weighted by molar-refractivity contribution is -0.441. The average Bonchev–Trinajstić information content (AvgIpc) is 2.76. The first-order valence-electron chi connectivity index (χ1n) is 8.75. The number of rotatable bonds is 10. The van der Waals surface area contributed by atoms with Crippen molar-refractivity contribution in [1.82, 2.24) is 0 Å². The van der Waals surface area contributed by atoms with Crippen molar-refractivity contribution in [3.05, 3.63) is 0 Å². The van der Waals surface area contributed by atoms with Gasteiger partial charge in [-0.25, -0.2) is 0 Å². The molecule has 2 nitrogen and oxygen atoms in total. The summed E-state index contributed by atoms with van der Waals surface area (Å²) in [6.07, 6.45) is -14.9. The summed E-state index contributed by atoms with van der Waals surface area (Å²) < 4.78 is 318. The van der Waals surface area contributed by atoms with Crippen molar-refractivity contribution in [2.75, 3.05) is 13.2 Å². The molecule has 0 radical (unpaired) electrons. The van der Waals surface area contributed by atoms with Gasteiger partial charge < -0.3 is 10.2 Å². The Morgan fingerprint density at radius 1 is 0.238 bits per heavy atom. The number of hydrogen-bond donors (Lipinski definition) is 2. The van der Waals surface area contributed by atoms with Crippen LogP contribution in [0.25, 0.3) is 0 Å². The third kappa shape index (κ3) is 5.92. The van der Waals surface area contributed by atoms with Gasteiger partial charge in [0, 0.05) is 0 Å². The van der Waals surface area contributed by atoms with E-state index in [4.69, 9.17) is 10.2 Å². The fourth-order valence-corrected chi connectivity index (χ4v) is 1.80. The van der Waals surface area contributed by atoms with E-state index < -0.39 is 84.8 Å². The molecule has 0 aromatic heterocycles. The van der Waals surface area contributed by atoms with E-state index in [9.17, 15) is 114 Å². The van der Waals surface area contributed by atoms with Crippen molar-refractivity contribution in [2.24, 2.45) is 0 Å². The quantitative estimate of drug-likeness (QED) is 0.233. The summed E-state index contributed by atoms with van der Waals surface area (Å²) in [5.41, 5.74) is 0. The highest BCUT2D eigenvalue weighted by Gasteiger charge is 2.92. The highest BCUT2D eigenvalue weighted by atomic mass is 19.4. The van der Waals surface area contributed by atoms with Crippen LogP contribution in [0.5, 0.6) is 0 Å². The monoisotopic (exact) mass is 700 g/mol. The fourth-order valence-electron chi connectivity index (χ4n) is 1.80. The standard InChI is InChI=1S/2C7H3F13O/c2*8-2(9,1-21)3(10,11)4(12,13)5(14,15)6(16,17)7(18,19)20/h2*21H,1H2. The molecule has 0 unspecified atom stereocenters. The number of aliphatic hydroxyl groups is 2. The van der Waals surface area contributed by atoms with Crippen molar-refractivity contribution in [3.8, 4) is 0 Å². The van der Waals surface area contributed by atoms with E-state index >= 15 is 0 Å². The van der Waals surface area contributed by atoms with E-state index in [0.29, 0.717) is 0 Å². The second kappa shape index (κ2) is 10.9. The molecule has 0 atom stereocenters. The maximum atomic E-state index is 12.6. The van der Waals surface area contributed by atoms with Crippen LogP contribution < -0.4 is 0 Å². The number of hydrogen-bond acceptors (Lipinski definition) is 2. The summed E-state index contributed by atoms with van der Waals surface area (Å²) in [7, 11) is 0. The smallest absolute Gasteiger partial charge is 0.390 e. The Morgan fingerprint density at radius 2 is 0.381 bits per heavy atom. The van der Waals surface area contributed by atoms with Gasteiger partial charge in [0.15, 0.2) is 0 Å². The third-order valence-corrected chi connectivity index (χ3v) is 4.39. The summed E-state index contributed by atoms with van der Waals surface area (Å²) in [6.45, 7) is -6.41. The summed E-state index contributed by atoms with van der Waals surface area (Å²) in [5.74, 6) is -74.5. The minimum atomic E-state index is -7.92. The molecule has 0 spiro atoms. The Hall–Kier alpha value is -1.90. The van der Waals surface area contributed by atoms with Gasteiger partial charge in [0.1, 0.15) is 13.2 Å². The summed E-state index contributed by atoms with van der Waals surface area (Å²) in [4.78, 5) is 0. The molecule has 0 saturated carbocycles. The van der Waals surface area contributed by atoms with E-state index in [-0.39, 0.29) is 0 Å². The van der Waals surface area contributed by atoms with Crippen LogP contribution >= 0.6 is 0 Å². The van der Waals surface area contributed by atoms with Crippen LogP contribution in [-0.2, 0) is 0 Å². The fraction of sp³-hybridized carbons (Fsp3) is 1.00. The van der Waals surface area contributed by atoms with Crippen molar-refractivity contribution in [3.63, 3.8) is 0 Å². The Kier molecular flexibility index (Phi) is 11.0. The Bertz CT molecular complexity index is 835. The van der Waals surface area contributed by atoms with Crippen LogP contribution in [0.4, 0.5) is 114 Å². The Morgan fingerprint density at radius 3 is 0.500 bits per heavy atom. The van der Waals surface area contributed by atoms with Gasteiger partial charge in [0.05, 0.1) is 0 Å². The highest BCUT2D eigenvalue weighted by Crippen LogP contribution is 2.61. The van der Waals surface area contributed by atoms with E-state index in [0.717, 1.165) is 0 Å². The van der Waals surface area contributed by atoms with Gasteiger partial charge >= 0.3 is 71.6 Å². The Balaban J connectivity index is 0. The molecule has 0 saturated heterocycles. The first-order valence-corrected chi connectivity index (χ1v) is 8.75. The Labute approximate surface area is 210 Å². The molecule has 0 aliphatic carbocycles. The zero-order valence-electron chi connectivity index (χ0n) is 18.1. The third-order valence-electron chi connectivity index (χ3n) is 4.39. The zero-order chi connectivity index (χ0) is 35.4. The number of aliphatic hydroxyl groups excluding tert-OH is 2. The van der Waals surface area contributed by atoms with Crippen LogP contribution in [0, 0.1) is 0 Å². The van der Waals surface area contributed by atoms with Gasteiger partial charge in [-0.2, -0.15) is 114 Å². The highest BCUT2D eigenvalue weighted by molar-refractivity contribution is 5.11. The van der Waals surface area contributed by atoms with Crippen LogP contribution in [0.2, 0.25) is 0 Å². The predicted octanol–water partition coefficient (Wildman–Crippen LogP) is 7.44. The molecule has 0 rings (SSSR count). The molecule has 42 heavy (non-hydrogen) atoms. The second-order valence-electron chi connectivity index (χ2n) is 7.32. The molecule has 0 aromatic rings. The minimum Gasteiger partial charge on any atom is -0.390 e. The summed E-state index contributed by atoms with van der Waals surface area (Å²) in [6, 6.07) is 0. The zero-order valence-corrected chi connectivity index (χ0v) is 18.1. The minimum absolute atomic E-state index is 3.21. The number of alkyl halides is 26. The molecule has 28 heteroatoms. The van der Waals surface area contributed by atoms with Crippen molar-refractivity contribution in [2.45, 2.75) is 71.6 Å². The average molecular weight is 700 g/mol. The largest absolute Gasteiger partial charge is 0.460 e. The molecule has 256 valence electrons. The molecular formula is C14H6F26O2. The van der Waals surface area contributed by atoms with Crippen molar-refractivity contribution in [1.29, 1.82) is 0 Å². The molecule has 0 fully saturated rings. The van der Waals surface area contributed by atoms with Gasteiger partial charge in [-0.15, -0.1) is 0 Å². The first kappa shape index (κ1) is 42.2. The van der Waals surface area contributed by atoms with Crippen molar-refractivity contribution < 1.29 is 124 Å².